The van der Waals surface area contributed by atoms with E-state index in [0.717, 1.165) is 29.2 Å². The summed E-state index contributed by atoms with van der Waals surface area (Å²) in [4.78, 5) is 9.04. The van der Waals surface area contributed by atoms with Crippen molar-refractivity contribution in [3.63, 3.8) is 0 Å². The lowest BCUT2D eigenvalue weighted by Gasteiger charge is -2.15. The Kier molecular flexibility index (Phi) is 5.57. The molecule has 1 unspecified atom stereocenters. The van der Waals surface area contributed by atoms with Crippen LogP contribution in [-0.4, -0.2) is 16.5 Å². The van der Waals surface area contributed by atoms with E-state index in [1.807, 2.05) is 31.3 Å². The highest BCUT2D eigenvalue weighted by Crippen LogP contribution is 2.26. The van der Waals surface area contributed by atoms with Crippen LogP contribution in [0.3, 0.4) is 0 Å². The van der Waals surface area contributed by atoms with E-state index in [-0.39, 0.29) is 6.04 Å². The van der Waals surface area contributed by atoms with Crippen molar-refractivity contribution >= 4 is 23.2 Å². The highest BCUT2D eigenvalue weighted by molar-refractivity contribution is 6.36. The summed E-state index contributed by atoms with van der Waals surface area (Å²) in [7, 11) is 0. The Labute approximate surface area is 135 Å². The molecule has 112 valence electrons. The smallest absolute Gasteiger partial charge is 0.133 e. The second-order valence-corrected chi connectivity index (χ2v) is 5.80. The molecule has 1 N–H and O–H groups in total. The molecule has 1 aromatic heterocycles. The Morgan fingerprint density at radius 2 is 1.90 bits per heavy atom. The van der Waals surface area contributed by atoms with E-state index in [1.165, 1.54) is 0 Å². The fourth-order valence-electron chi connectivity index (χ4n) is 2.31. The Morgan fingerprint density at radius 1 is 1.24 bits per heavy atom. The average Bonchev–Trinajstić information content (AvgIpc) is 2.43. The first-order valence-corrected chi connectivity index (χ1v) is 7.77. The van der Waals surface area contributed by atoms with Crippen molar-refractivity contribution in [1.29, 1.82) is 0 Å². The van der Waals surface area contributed by atoms with Gasteiger partial charge >= 0.3 is 0 Å². The molecule has 1 heterocycles. The molecule has 0 saturated heterocycles. The van der Waals surface area contributed by atoms with Crippen LogP contribution in [0.4, 0.5) is 0 Å². The number of nitrogens with one attached hydrogen (secondary N) is 1. The minimum absolute atomic E-state index is 0.243. The van der Waals surface area contributed by atoms with Crippen LogP contribution >= 0.6 is 23.2 Å². The first kappa shape index (κ1) is 16.2. The van der Waals surface area contributed by atoms with Gasteiger partial charge in [-0.3, -0.25) is 0 Å². The number of rotatable bonds is 5. The fraction of sp³-hybridized carbons (Fsp3) is 0.375. The van der Waals surface area contributed by atoms with Gasteiger partial charge in [-0.25, -0.2) is 9.97 Å². The summed E-state index contributed by atoms with van der Waals surface area (Å²) < 4.78 is 0. The van der Waals surface area contributed by atoms with Gasteiger partial charge in [0.05, 0.1) is 0 Å². The van der Waals surface area contributed by atoms with Gasteiger partial charge in [-0.1, -0.05) is 36.2 Å². The maximum Gasteiger partial charge on any atom is 0.133 e. The molecule has 0 bridgehead atoms. The molecule has 0 spiro atoms. The fourth-order valence-corrected chi connectivity index (χ4v) is 2.84. The second kappa shape index (κ2) is 7.21. The average molecular weight is 324 g/mol. The molecule has 0 amide bonds. The molecule has 5 heteroatoms. The van der Waals surface area contributed by atoms with Crippen LogP contribution in [0.5, 0.6) is 0 Å². The highest BCUT2D eigenvalue weighted by atomic mass is 35.5. The lowest BCUT2D eigenvalue weighted by atomic mass is 10.1. The van der Waals surface area contributed by atoms with Gasteiger partial charge in [0, 0.05) is 40.0 Å². The van der Waals surface area contributed by atoms with Crippen LogP contribution in [0.1, 0.15) is 42.5 Å². The number of aryl methyl sites for hydroxylation is 1. The number of halogens is 2. The number of hydrogen-bond donors (Lipinski definition) is 1. The molecule has 1 aromatic carbocycles. The predicted octanol–water partition coefficient (Wildman–Crippen LogP) is 4.35. The molecule has 2 rings (SSSR count). The maximum absolute atomic E-state index is 6.19. The number of aromatic nitrogens is 2. The van der Waals surface area contributed by atoms with Gasteiger partial charge in [0.2, 0.25) is 0 Å². The zero-order valence-electron chi connectivity index (χ0n) is 12.5. The van der Waals surface area contributed by atoms with Crippen molar-refractivity contribution in [3.05, 3.63) is 57.1 Å². The van der Waals surface area contributed by atoms with Crippen molar-refractivity contribution in [3.8, 4) is 0 Å². The molecule has 0 aliphatic rings. The Hall–Kier alpha value is -1.16. The monoisotopic (exact) mass is 323 g/mol. The van der Waals surface area contributed by atoms with Crippen molar-refractivity contribution in [1.82, 2.24) is 15.3 Å². The third kappa shape index (κ3) is 3.94. The standard InChI is InChI=1S/C16H19Cl2N3/c1-4-19-10(2)13-9-20-16(21-11(13)3)8-12-14(17)6-5-7-15(12)18/h5-7,9-10,19H,4,8H2,1-3H3. The highest BCUT2D eigenvalue weighted by Gasteiger charge is 2.12. The summed E-state index contributed by atoms with van der Waals surface area (Å²) in [6.45, 7) is 7.11. The zero-order chi connectivity index (χ0) is 15.4. The van der Waals surface area contributed by atoms with Gasteiger partial charge in [0.25, 0.3) is 0 Å². The van der Waals surface area contributed by atoms with Crippen LogP contribution in [0, 0.1) is 6.92 Å². The van der Waals surface area contributed by atoms with Crippen LogP contribution < -0.4 is 5.32 Å². The van der Waals surface area contributed by atoms with Crippen LogP contribution in [0.25, 0.3) is 0 Å². The number of benzene rings is 1. The first-order valence-electron chi connectivity index (χ1n) is 7.01. The van der Waals surface area contributed by atoms with E-state index in [2.05, 4.69) is 29.1 Å². The normalized spacial score (nSPS) is 12.4. The van der Waals surface area contributed by atoms with E-state index < -0.39 is 0 Å². The Balaban J connectivity index is 2.25. The molecule has 3 nitrogen and oxygen atoms in total. The molecule has 1 atom stereocenters. The first-order chi connectivity index (χ1) is 10.0. The minimum atomic E-state index is 0.243. The summed E-state index contributed by atoms with van der Waals surface area (Å²) in [5.41, 5.74) is 2.97. The summed E-state index contributed by atoms with van der Waals surface area (Å²) in [5.74, 6) is 0.731. The third-order valence-electron chi connectivity index (χ3n) is 3.44. The molecule has 21 heavy (non-hydrogen) atoms. The lowest BCUT2D eigenvalue weighted by Crippen LogP contribution is -2.19. The molecule has 0 radical (unpaired) electrons. The summed E-state index contributed by atoms with van der Waals surface area (Å²) in [5, 5.41) is 4.66. The summed E-state index contributed by atoms with van der Waals surface area (Å²) >= 11 is 12.4. The molecular weight excluding hydrogens is 305 g/mol. The van der Waals surface area contributed by atoms with E-state index in [0.29, 0.717) is 16.5 Å². The molecule has 0 saturated carbocycles. The molecule has 0 fully saturated rings. The van der Waals surface area contributed by atoms with Gasteiger partial charge < -0.3 is 5.32 Å². The largest absolute Gasteiger partial charge is 0.310 e. The zero-order valence-corrected chi connectivity index (χ0v) is 14.0. The van der Waals surface area contributed by atoms with Gasteiger partial charge in [0.1, 0.15) is 5.82 Å². The van der Waals surface area contributed by atoms with Gasteiger partial charge in [0.15, 0.2) is 0 Å². The number of hydrogen-bond acceptors (Lipinski definition) is 3. The quantitative estimate of drug-likeness (QED) is 0.888. The molecule has 0 aliphatic heterocycles. The minimum Gasteiger partial charge on any atom is -0.310 e. The van der Waals surface area contributed by atoms with E-state index in [9.17, 15) is 0 Å². The third-order valence-corrected chi connectivity index (χ3v) is 4.15. The van der Waals surface area contributed by atoms with Gasteiger partial charge in [-0.15, -0.1) is 0 Å². The number of nitrogens with zero attached hydrogens (tertiary/aromatic N) is 2. The van der Waals surface area contributed by atoms with Crippen LogP contribution in [-0.2, 0) is 6.42 Å². The Morgan fingerprint density at radius 3 is 2.48 bits per heavy atom. The predicted molar refractivity (Wildman–Crippen MR) is 88.1 cm³/mol. The SMILES string of the molecule is CCNC(C)c1cnc(Cc2c(Cl)cccc2Cl)nc1C. The summed E-state index contributed by atoms with van der Waals surface area (Å²) in [6.07, 6.45) is 2.42. The van der Waals surface area contributed by atoms with Gasteiger partial charge in [-0.2, -0.15) is 0 Å². The summed E-state index contributed by atoms with van der Waals surface area (Å²) in [6, 6.07) is 5.74. The van der Waals surface area contributed by atoms with Crippen molar-refractivity contribution in [2.75, 3.05) is 6.54 Å². The lowest BCUT2D eigenvalue weighted by molar-refractivity contribution is 0.588. The van der Waals surface area contributed by atoms with Gasteiger partial charge in [-0.05, 0) is 38.1 Å². The van der Waals surface area contributed by atoms with Crippen molar-refractivity contribution in [2.24, 2.45) is 0 Å². The Bertz CT molecular complexity index is 609. The van der Waals surface area contributed by atoms with E-state index in [4.69, 9.17) is 23.2 Å². The maximum atomic E-state index is 6.19. The molecule has 2 aromatic rings. The molecular formula is C16H19Cl2N3. The van der Waals surface area contributed by atoms with Crippen molar-refractivity contribution < 1.29 is 0 Å². The van der Waals surface area contributed by atoms with Crippen molar-refractivity contribution in [2.45, 2.75) is 33.2 Å². The van der Waals surface area contributed by atoms with Crippen LogP contribution in [0.15, 0.2) is 24.4 Å². The topological polar surface area (TPSA) is 37.8 Å². The van der Waals surface area contributed by atoms with E-state index >= 15 is 0 Å². The van der Waals surface area contributed by atoms with Crippen LogP contribution in [0.2, 0.25) is 10.0 Å². The van der Waals surface area contributed by atoms with E-state index in [1.54, 1.807) is 0 Å². The second-order valence-electron chi connectivity index (χ2n) is 4.98. The molecule has 0 aliphatic carbocycles.